The molecule has 5 nitrogen and oxygen atoms in total. The van der Waals surface area contributed by atoms with Crippen LogP contribution in [0.1, 0.15) is 22.8 Å². The largest absolute Gasteiger partial charge is 0.378 e. The zero-order valence-electron chi connectivity index (χ0n) is 17.7. The fraction of sp³-hybridized carbons (Fsp3) is 0.364. The number of aromatic nitrogens is 1. The molecule has 7 heteroatoms. The zero-order valence-corrected chi connectivity index (χ0v) is 19.3. The van der Waals surface area contributed by atoms with Gasteiger partial charge in [0.05, 0.1) is 10.2 Å². The van der Waals surface area contributed by atoms with E-state index in [9.17, 15) is 4.79 Å². The van der Waals surface area contributed by atoms with Crippen molar-refractivity contribution in [2.45, 2.75) is 13.3 Å². The molecule has 3 rings (SSSR count). The molecule has 0 unspecified atom stereocenters. The molecule has 0 radical (unpaired) electrons. The Morgan fingerprint density at radius 3 is 2.28 bits per heavy atom. The highest BCUT2D eigenvalue weighted by Crippen LogP contribution is 2.30. The highest BCUT2D eigenvalue weighted by atomic mass is 35.5. The van der Waals surface area contributed by atoms with Crippen molar-refractivity contribution in [3.63, 3.8) is 0 Å². The number of nitrogens with zero attached hydrogens (tertiary/aromatic N) is 4. The summed E-state index contributed by atoms with van der Waals surface area (Å²) in [6, 6.07) is 14.1. The quantitative estimate of drug-likeness (QED) is 0.548. The van der Waals surface area contributed by atoms with Gasteiger partial charge in [-0.05, 0) is 62.5 Å². The number of halogens is 1. The van der Waals surface area contributed by atoms with Crippen LogP contribution >= 0.6 is 23.7 Å². The van der Waals surface area contributed by atoms with Crippen LogP contribution in [0.4, 0.5) is 10.8 Å². The summed E-state index contributed by atoms with van der Waals surface area (Å²) >= 11 is 1.58. The van der Waals surface area contributed by atoms with Crippen molar-refractivity contribution in [1.29, 1.82) is 0 Å². The van der Waals surface area contributed by atoms with Gasteiger partial charge in [0.2, 0.25) is 0 Å². The number of amides is 1. The minimum Gasteiger partial charge on any atom is -0.378 e. The summed E-state index contributed by atoms with van der Waals surface area (Å²) in [5, 5.41) is 0.756. The lowest BCUT2D eigenvalue weighted by Crippen LogP contribution is -2.36. The van der Waals surface area contributed by atoms with Gasteiger partial charge in [-0.1, -0.05) is 24.3 Å². The second-order valence-corrected chi connectivity index (χ2v) is 8.36. The fourth-order valence-electron chi connectivity index (χ4n) is 2.93. The Bertz CT molecular complexity index is 953. The number of likely N-dealkylation sites (N-methyl/N-ethyl adjacent to an activating group) is 1. The molecule has 0 N–H and O–H groups in total. The molecule has 2 aromatic carbocycles. The van der Waals surface area contributed by atoms with Crippen molar-refractivity contribution in [2.24, 2.45) is 0 Å². The zero-order chi connectivity index (χ0) is 20.3. The third kappa shape index (κ3) is 5.47. The number of carbonyl (C=O) groups is 1. The van der Waals surface area contributed by atoms with Gasteiger partial charge in [0, 0.05) is 38.4 Å². The molecule has 0 saturated carbocycles. The van der Waals surface area contributed by atoms with Crippen molar-refractivity contribution < 1.29 is 4.79 Å². The van der Waals surface area contributed by atoms with Crippen molar-refractivity contribution >= 4 is 50.7 Å². The van der Waals surface area contributed by atoms with Gasteiger partial charge in [-0.2, -0.15) is 0 Å². The topological polar surface area (TPSA) is 39.7 Å². The second-order valence-electron chi connectivity index (χ2n) is 7.35. The molecule has 0 saturated heterocycles. The Morgan fingerprint density at radius 2 is 1.69 bits per heavy atom. The molecular formula is C22H29ClN4OS. The summed E-state index contributed by atoms with van der Waals surface area (Å²) in [5.74, 6) is -0.0121. The predicted octanol–water partition coefficient (Wildman–Crippen LogP) is 4.55. The monoisotopic (exact) mass is 432 g/mol. The van der Waals surface area contributed by atoms with Gasteiger partial charge in [0.15, 0.2) is 5.13 Å². The minimum absolute atomic E-state index is 0. The van der Waals surface area contributed by atoms with Crippen LogP contribution in [0.5, 0.6) is 0 Å². The van der Waals surface area contributed by atoms with Crippen molar-refractivity contribution in [1.82, 2.24) is 9.88 Å². The van der Waals surface area contributed by atoms with Crippen LogP contribution in [0, 0.1) is 0 Å². The summed E-state index contributed by atoms with van der Waals surface area (Å²) < 4.78 is 1.12. The summed E-state index contributed by atoms with van der Waals surface area (Å²) in [5.41, 5.74) is 3.98. The molecule has 0 spiro atoms. The highest BCUT2D eigenvalue weighted by Gasteiger charge is 2.21. The first-order valence-corrected chi connectivity index (χ1v) is 10.3. The number of carbonyl (C=O) groups excluding carboxylic acids is 1. The van der Waals surface area contributed by atoms with Gasteiger partial charge in [-0.15, -0.1) is 12.4 Å². The van der Waals surface area contributed by atoms with Crippen molar-refractivity contribution in [3.8, 4) is 0 Å². The minimum atomic E-state index is -0.0121. The maximum atomic E-state index is 13.3. The van der Waals surface area contributed by atoms with E-state index < -0.39 is 0 Å². The summed E-state index contributed by atoms with van der Waals surface area (Å²) in [7, 11) is 8.01. The Morgan fingerprint density at radius 1 is 1.00 bits per heavy atom. The van der Waals surface area contributed by atoms with Crippen LogP contribution in [0.15, 0.2) is 42.5 Å². The van der Waals surface area contributed by atoms with E-state index >= 15 is 0 Å². The number of hydrogen-bond donors (Lipinski definition) is 0. The van der Waals surface area contributed by atoms with Crippen LogP contribution in [0.25, 0.3) is 10.2 Å². The molecule has 0 aliphatic heterocycles. The van der Waals surface area contributed by atoms with Crippen LogP contribution in [0.2, 0.25) is 0 Å². The molecule has 29 heavy (non-hydrogen) atoms. The van der Waals surface area contributed by atoms with Crippen LogP contribution in [-0.4, -0.2) is 57.1 Å². The lowest BCUT2D eigenvalue weighted by Gasteiger charge is -2.22. The average Bonchev–Trinajstić information content (AvgIpc) is 3.10. The van der Waals surface area contributed by atoms with E-state index in [0.717, 1.165) is 34.0 Å². The third-order valence-electron chi connectivity index (χ3n) is 4.73. The number of anilines is 2. The van der Waals surface area contributed by atoms with E-state index in [4.69, 9.17) is 4.98 Å². The average molecular weight is 433 g/mol. The van der Waals surface area contributed by atoms with Crippen LogP contribution in [-0.2, 0) is 6.42 Å². The molecular weight excluding hydrogens is 404 g/mol. The Kier molecular flexibility index (Phi) is 8.02. The normalized spacial score (nSPS) is 10.8. The number of aryl methyl sites for hydroxylation is 1. The summed E-state index contributed by atoms with van der Waals surface area (Å²) in [6.45, 7) is 3.52. The third-order valence-corrected chi connectivity index (χ3v) is 5.77. The predicted molar refractivity (Wildman–Crippen MR) is 127 cm³/mol. The van der Waals surface area contributed by atoms with Crippen LogP contribution in [0.3, 0.4) is 0 Å². The molecule has 0 fully saturated rings. The lowest BCUT2D eigenvalue weighted by atomic mass is 10.1. The first-order valence-electron chi connectivity index (χ1n) is 9.52. The molecule has 0 aliphatic carbocycles. The van der Waals surface area contributed by atoms with Gasteiger partial charge in [0.1, 0.15) is 0 Å². The maximum Gasteiger partial charge on any atom is 0.260 e. The fourth-order valence-corrected chi connectivity index (χ4v) is 3.99. The van der Waals surface area contributed by atoms with Gasteiger partial charge < -0.3 is 9.80 Å². The van der Waals surface area contributed by atoms with E-state index in [1.54, 1.807) is 16.2 Å². The standard InChI is InChI=1S/C22H28N4OS.ClH/c1-6-16-7-12-19-20(15-16)28-22(23-19)26(14-13-24(2)3)21(27)17-8-10-18(11-9-17)25(4)5;/h7-12,15H,6,13-14H2,1-5H3;1H. The lowest BCUT2D eigenvalue weighted by molar-refractivity contribution is 0.0985. The van der Waals surface area contributed by atoms with E-state index in [1.807, 2.05) is 57.4 Å². The molecule has 0 bridgehead atoms. The van der Waals surface area contributed by atoms with E-state index in [0.29, 0.717) is 12.1 Å². The number of fused-ring (bicyclic) bond motifs is 1. The van der Waals surface area contributed by atoms with Gasteiger partial charge >= 0.3 is 0 Å². The summed E-state index contributed by atoms with van der Waals surface area (Å²) in [4.78, 5) is 24.0. The molecule has 1 heterocycles. The van der Waals surface area contributed by atoms with Crippen LogP contribution < -0.4 is 9.80 Å². The first-order chi connectivity index (χ1) is 13.4. The number of benzene rings is 2. The van der Waals surface area contributed by atoms with Gasteiger partial charge in [-0.3, -0.25) is 9.69 Å². The first kappa shape index (κ1) is 23.1. The van der Waals surface area contributed by atoms with E-state index in [1.165, 1.54) is 5.56 Å². The maximum absolute atomic E-state index is 13.3. The smallest absolute Gasteiger partial charge is 0.260 e. The van der Waals surface area contributed by atoms with Gasteiger partial charge in [0.25, 0.3) is 5.91 Å². The Hall–Kier alpha value is -2.15. The Balaban J connectivity index is 0.00000300. The molecule has 156 valence electrons. The van der Waals surface area contributed by atoms with E-state index in [2.05, 4.69) is 30.0 Å². The molecule has 0 atom stereocenters. The van der Waals surface area contributed by atoms with Gasteiger partial charge in [-0.25, -0.2) is 4.98 Å². The molecule has 1 amide bonds. The highest BCUT2D eigenvalue weighted by molar-refractivity contribution is 7.22. The molecule has 0 aliphatic rings. The van der Waals surface area contributed by atoms with Crippen molar-refractivity contribution in [3.05, 3.63) is 53.6 Å². The molecule has 1 aromatic heterocycles. The van der Waals surface area contributed by atoms with Crippen molar-refractivity contribution in [2.75, 3.05) is 51.1 Å². The number of thiazole rings is 1. The summed E-state index contributed by atoms with van der Waals surface area (Å²) in [6.07, 6.45) is 0.991. The number of hydrogen-bond acceptors (Lipinski definition) is 5. The second kappa shape index (κ2) is 10.1. The SMILES string of the molecule is CCc1ccc2nc(N(CCN(C)C)C(=O)c3ccc(N(C)C)cc3)sc2c1.Cl. The number of rotatable bonds is 7. The molecule has 3 aromatic rings. The van der Waals surface area contributed by atoms with E-state index in [-0.39, 0.29) is 18.3 Å². The Labute approximate surface area is 183 Å².